The molecular formula is C30H30ClF3N2O3S. The molecule has 1 fully saturated rings. The quantitative estimate of drug-likeness (QED) is 0.313. The van der Waals surface area contributed by atoms with E-state index >= 15 is 0 Å². The van der Waals surface area contributed by atoms with Gasteiger partial charge in [0.2, 0.25) is 10.0 Å². The third-order valence-electron chi connectivity index (χ3n) is 7.89. The van der Waals surface area contributed by atoms with Crippen molar-refractivity contribution in [2.45, 2.75) is 36.0 Å². The Hall–Kier alpha value is -2.69. The molecule has 0 N–H and O–H groups in total. The van der Waals surface area contributed by atoms with E-state index in [9.17, 15) is 21.6 Å². The van der Waals surface area contributed by atoms with Crippen LogP contribution in [-0.2, 0) is 20.9 Å². The monoisotopic (exact) mass is 590 g/mol. The zero-order chi connectivity index (χ0) is 28.7. The van der Waals surface area contributed by atoms with Gasteiger partial charge in [0, 0.05) is 49.8 Å². The highest BCUT2D eigenvalue weighted by Gasteiger charge is 2.50. The molecular weight excluding hydrogens is 561 g/mol. The molecule has 5 nitrogen and oxygen atoms in total. The largest absolute Gasteiger partial charge is 0.417 e. The van der Waals surface area contributed by atoms with Gasteiger partial charge in [-0.1, -0.05) is 72.3 Å². The fourth-order valence-corrected chi connectivity index (χ4v) is 7.65. The van der Waals surface area contributed by atoms with Crippen molar-refractivity contribution in [1.29, 1.82) is 0 Å². The highest BCUT2D eigenvalue weighted by molar-refractivity contribution is 7.89. The number of sulfonamides is 1. The molecule has 3 aromatic rings. The van der Waals surface area contributed by atoms with Crippen LogP contribution in [0.3, 0.4) is 0 Å². The van der Waals surface area contributed by atoms with Crippen LogP contribution in [0.4, 0.5) is 13.2 Å². The first-order chi connectivity index (χ1) is 19.0. The SMILES string of the molecule is COC[C@@H]1C(c2ccc(-c3cccc(Cl)c3C)cc2)[C@@H]2CN(S(=O)(=O)c3ccccc3C(F)(F)F)C/C=C\CN12. The standard InChI is InChI=1S/C30H30ClF3N2O3S/c1-20-23(8-7-10-25(20)31)21-12-14-22(15-13-21)29-26-18-35(16-5-6-17-36(26)27(29)19-39-2)40(37,38)28-11-4-3-9-24(28)30(32,33)34/h3-15,26-27,29H,16-19H2,1-2H3/b6-5-/t26-,27+,29?/m0/s1. The Bertz CT molecular complexity index is 1510. The molecule has 1 unspecified atom stereocenters. The van der Waals surface area contributed by atoms with Gasteiger partial charge in [0.15, 0.2) is 0 Å². The van der Waals surface area contributed by atoms with Crippen molar-refractivity contribution in [3.8, 4) is 11.1 Å². The molecule has 0 spiro atoms. The molecule has 0 radical (unpaired) electrons. The average molecular weight is 591 g/mol. The molecule has 1 saturated heterocycles. The van der Waals surface area contributed by atoms with Crippen molar-refractivity contribution in [1.82, 2.24) is 9.21 Å². The van der Waals surface area contributed by atoms with Crippen LogP contribution in [0.2, 0.25) is 5.02 Å². The summed E-state index contributed by atoms with van der Waals surface area (Å²) in [6, 6.07) is 18.0. The van der Waals surface area contributed by atoms with E-state index < -0.39 is 26.7 Å². The van der Waals surface area contributed by atoms with Gasteiger partial charge in [-0.25, -0.2) is 8.42 Å². The maximum Gasteiger partial charge on any atom is 0.417 e. The van der Waals surface area contributed by atoms with Crippen LogP contribution in [0.25, 0.3) is 11.1 Å². The lowest BCUT2D eigenvalue weighted by molar-refractivity contribution is -0.139. The summed E-state index contributed by atoms with van der Waals surface area (Å²) in [4.78, 5) is 1.44. The van der Waals surface area contributed by atoms with Crippen LogP contribution in [0.1, 0.15) is 22.6 Å². The van der Waals surface area contributed by atoms with E-state index in [0.717, 1.165) is 38.7 Å². The second-order valence-electron chi connectivity index (χ2n) is 10.1. The topological polar surface area (TPSA) is 49.9 Å². The second kappa shape index (κ2) is 11.3. The smallest absolute Gasteiger partial charge is 0.383 e. The maximum atomic E-state index is 13.7. The number of hydrogen-bond acceptors (Lipinski definition) is 4. The number of methoxy groups -OCH3 is 1. The number of rotatable bonds is 6. The second-order valence-corrected chi connectivity index (χ2v) is 12.4. The molecule has 2 aliphatic heterocycles. The lowest BCUT2D eigenvalue weighted by atomic mass is 9.74. The molecule has 3 aromatic carbocycles. The molecule has 2 heterocycles. The number of halogens is 4. The van der Waals surface area contributed by atoms with Gasteiger partial charge in [-0.2, -0.15) is 17.5 Å². The van der Waals surface area contributed by atoms with Gasteiger partial charge in [0.1, 0.15) is 0 Å². The number of benzene rings is 3. The molecule has 3 atom stereocenters. The number of fused-ring (bicyclic) bond motifs is 1. The van der Waals surface area contributed by atoms with Gasteiger partial charge in [-0.05, 0) is 47.4 Å². The van der Waals surface area contributed by atoms with Crippen LogP contribution in [-0.4, -0.2) is 63.1 Å². The van der Waals surface area contributed by atoms with Crippen molar-refractivity contribution >= 4 is 21.6 Å². The van der Waals surface area contributed by atoms with Crippen molar-refractivity contribution in [3.05, 3.63) is 101 Å². The Morgan fingerprint density at radius 3 is 2.38 bits per heavy atom. The number of ether oxygens (including phenoxy) is 1. The normalized spacial score (nSPS) is 23.1. The van der Waals surface area contributed by atoms with Crippen molar-refractivity contribution in [2.24, 2.45) is 0 Å². The third-order valence-corrected chi connectivity index (χ3v) is 10.2. The molecule has 2 aliphatic rings. The van der Waals surface area contributed by atoms with Gasteiger partial charge >= 0.3 is 6.18 Å². The molecule has 0 saturated carbocycles. The van der Waals surface area contributed by atoms with Gasteiger partial charge < -0.3 is 4.74 Å². The average Bonchev–Trinajstić information content (AvgIpc) is 2.91. The Kier molecular flexibility index (Phi) is 8.14. The number of alkyl halides is 3. The predicted octanol–water partition coefficient (Wildman–Crippen LogP) is 6.38. The van der Waals surface area contributed by atoms with Crippen LogP contribution in [0.15, 0.2) is 83.8 Å². The summed E-state index contributed by atoms with van der Waals surface area (Å²) >= 11 is 6.32. The minimum absolute atomic E-state index is 0.00644. The summed E-state index contributed by atoms with van der Waals surface area (Å²) in [6.45, 7) is 3.06. The first-order valence-electron chi connectivity index (χ1n) is 13.0. The van der Waals surface area contributed by atoms with E-state index in [2.05, 4.69) is 4.90 Å². The molecule has 212 valence electrons. The summed E-state index contributed by atoms with van der Waals surface area (Å²) in [7, 11) is -2.81. The van der Waals surface area contributed by atoms with Gasteiger partial charge in [0.05, 0.1) is 17.1 Å². The minimum Gasteiger partial charge on any atom is -0.383 e. The summed E-state index contributed by atoms with van der Waals surface area (Å²) < 4.78 is 75.2. The predicted molar refractivity (Wildman–Crippen MR) is 150 cm³/mol. The molecule has 5 rings (SSSR count). The molecule has 0 bridgehead atoms. The molecule has 40 heavy (non-hydrogen) atoms. The zero-order valence-corrected chi connectivity index (χ0v) is 23.7. The van der Waals surface area contributed by atoms with E-state index in [0.29, 0.717) is 18.2 Å². The van der Waals surface area contributed by atoms with E-state index in [1.54, 1.807) is 13.2 Å². The molecule has 0 amide bonds. The zero-order valence-electron chi connectivity index (χ0n) is 22.1. The summed E-state index contributed by atoms with van der Waals surface area (Å²) in [5, 5.41) is 0.687. The summed E-state index contributed by atoms with van der Waals surface area (Å²) in [5.74, 6) is -0.0727. The maximum absolute atomic E-state index is 13.7. The lowest BCUT2D eigenvalue weighted by Crippen LogP contribution is -2.67. The van der Waals surface area contributed by atoms with Crippen molar-refractivity contribution in [3.63, 3.8) is 0 Å². The van der Waals surface area contributed by atoms with Gasteiger partial charge in [-0.3, -0.25) is 4.90 Å². The summed E-state index contributed by atoms with van der Waals surface area (Å²) in [6.07, 6.45) is -1.22. The van der Waals surface area contributed by atoms with Crippen LogP contribution < -0.4 is 0 Å². The van der Waals surface area contributed by atoms with Crippen LogP contribution >= 0.6 is 11.6 Å². The van der Waals surface area contributed by atoms with E-state index in [4.69, 9.17) is 16.3 Å². The fourth-order valence-electron chi connectivity index (χ4n) is 5.85. The Labute approximate surface area is 237 Å². The molecule has 10 heteroatoms. The van der Waals surface area contributed by atoms with Crippen molar-refractivity contribution in [2.75, 3.05) is 33.4 Å². The Morgan fingerprint density at radius 1 is 0.975 bits per heavy atom. The van der Waals surface area contributed by atoms with E-state index in [-0.39, 0.29) is 31.1 Å². The minimum atomic E-state index is -4.79. The fraction of sp³-hybridized carbons (Fsp3) is 0.333. The van der Waals surface area contributed by atoms with Crippen LogP contribution in [0.5, 0.6) is 0 Å². The first kappa shape index (κ1) is 28.8. The number of hydrogen-bond donors (Lipinski definition) is 0. The van der Waals surface area contributed by atoms with Gasteiger partial charge in [0.25, 0.3) is 0 Å². The van der Waals surface area contributed by atoms with E-state index in [1.165, 1.54) is 12.1 Å². The third kappa shape index (κ3) is 5.33. The summed E-state index contributed by atoms with van der Waals surface area (Å²) in [5.41, 5.74) is 2.88. The lowest BCUT2D eigenvalue weighted by Gasteiger charge is -2.56. The highest BCUT2D eigenvalue weighted by atomic mass is 35.5. The first-order valence-corrected chi connectivity index (χ1v) is 14.8. The Morgan fingerprint density at radius 2 is 1.68 bits per heavy atom. The molecule has 0 aliphatic carbocycles. The molecule has 0 aromatic heterocycles. The van der Waals surface area contributed by atoms with Crippen LogP contribution in [0, 0.1) is 6.92 Å². The van der Waals surface area contributed by atoms with Crippen molar-refractivity contribution < 1.29 is 26.3 Å². The van der Waals surface area contributed by atoms with Gasteiger partial charge in [-0.15, -0.1) is 0 Å². The van der Waals surface area contributed by atoms with E-state index in [1.807, 2.05) is 55.5 Å². The highest BCUT2D eigenvalue weighted by Crippen LogP contribution is 2.43. The number of nitrogens with zero attached hydrogens (tertiary/aromatic N) is 2. The Balaban J connectivity index is 1.48.